The lowest BCUT2D eigenvalue weighted by Crippen LogP contribution is -2.66. The van der Waals surface area contributed by atoms with Crippen molar-refractivity contribution in [3.63, 3.8) is 0 Å². The Hall–Kier alpha value is -3.23. The minimum absolute atomic E-state index is 0.159. The quantitative estimate of drug-likeness (QED) is 0.225. The van der Waals surface area contributed by atoms with Gasteiger partial charge in [0.15, 0.2) is 0 Å². The molecule has 3 aromatic rings. The molecule has 7 nitrogen and oxygen atoms in total. The SMILES string of the molecule is CC(C)(C)OC(=O)[C@H](CCCO[Si](c1ccccc1)(c1ccccc1)C(C)(C)C)OC(=O)n1ccnc1. The van der Waals surface area contributed by atoms with Crippen molar-refractivity contribution in [1.82, 2.24) is 9.55 Å². The lowest BCUT2D eigenvalue weighted by atomic mass is 10.1. The second-order valence-electron chi connectivity index (χ2n) is 11.0. The summed E-state index contributed by atoms with van der Waals surface area (Å²) in [7, 11) is -2.70. The van der Waals surface area contributed by atoms with Gasteiger partial charge >= 0.3 is 12.1 Å². The normalized spacial score (nSPS) is 13.1. The van der Waals surface area contributed by atoms with E-state index in [9.17, 15) is 9.59 Å². The number of ether oxygens (including phenoxy) is 2. The first kappa shape index (κ1) is 28.3. The van der Waals surface area contributed by atoms with Crippen LogP contribution in [0.5, 0.6) is 0 Å². The van der Waals surface area contributed by atoms with Crippen molar-refractivity contribution in [1.29, 1.82) is 0 Å². The van der Waals surface area contributed by atoms with Crippen LogP contribution in [0.3, 0.4) is 0 Å². The van der Waals surface area contributed by atoms with Crippen LogP contribution < -0.4 is 10.4 Å². The summed E-state index contributed by atoms with van der Waals surface area (Å²) in [5.41, 5.74) is -0.706. The molecule has 0 fully saturated rings. The van der Waals surface area contributed by atoms with Crippen LogP contribution in [-0.4, -0.2) is 48.2 Å². The fourth-order valence-electron chi connectivity index (χ4n) is 4.40. The molecule has 37 heavy (non-hydrogen) atoms. The largest absolute Gasteiger partial charge is 0.457 e. The molecule has 0 bridgehead atoms. The van der Waals surface area contributed by atoms with Crippen LogP contribution in [0.25, 0.3) is 0 Å². The predicted octanol–water partition coefficient (Wildman–Crippen LogP) is 4.93. The van der Waals surface area contributed by atoms with E-state index < -0.39 is 32.1 Å². The highest BCUT2D eigenvalue weighted by Gasteiger charge is 2.50. The number of benzene rings is 2. The number of carbonyl (C=O) groups is 2. The molecule has 1 aromatic heterocycles. The molecule has 1 heterocycles. The van der Waals surface area contributed by atoms with E-state index in [1.807, 2.05) is 36.4 Å². The summed E-state index contributed by atoms with van der Waals surface area (Å²) in [5, 5.41) is 2.21. The Morgan fingerprint density at radius 3 is 1.95 bits per heavy atom. The van der Waals surface area contributed by atoms with Crippen LogP contribution >= 0.6 is 0 Å². The molecule has 0 spiro atoms. The Labute approximate surface area is 220 Å². The monoisotopic (exact) mass is 522 g/mol. The molecule has 0 N–H and O–H groups in total. The average Bonchev–Trinajstić information content (AvgIpc) is 3.38. The maximum atomic E-state index is 12.9. The molecule has 3 rings (SSSR count). The fraction of sp³-hybridized carbons (Fsp3) is 0.414. The first-order chi connectivity index (χ1) is 17.4. The fourth-order valence-corrected chi connectivity index (χ4v) is 9.00. The van der Waals surface area contributed by atoms with E-state index in [0.29, 0.717) is 13.0 Å². The van der Waals surface area contributed by atoms with Gasteiger partial charge in [0.25, 0.3) is 8.32 Å². The Balaban J connectivity index is 1.81. The number of hydrogen-bond donors (Lipinski definition) is 0. The van der Waals surface area contributed by atoms with Gasteiger partial charge in [-0.05, 0) is 49.0 Å². The molecule has 0 radical (unpaired) electrons. The van der Waals surface area contributed by atoms with Gasteiger partial charge in [-0.2, -0.15) is 0 Å². The van der Waals surface area contributed by atoms with E-state index in [-0.39, 0.29) is 11.5 Å². The molecular weight excluding hydrogens is 484 g/mol. The molecule has 0 saturated heterocycles. The van der Waals surface area contributed by atoms with E-state index in [4.69, 9.17) is 13.9 Å². The molecule has 0 saturated carbocycles. The number of rotatable bonds is 9. The zero-order chi connectivity index (χ0) is 27.1. The highest BCUT2D eigenvalue weighted by Crippen LogP contribution is 2.36. The van der Waals surface area contributed by atoms with E-state index in [0.717, 1.165) is 0 Å². The van der Waals surface area contributed by atoms with E-state index in [1.165, 1.54) is 33.7 Å². The predicted molar refractivity (Wildman–Crippen MR) is 147 cm³/mol. The molecule has 0 aliphatic rings. The van der Waals surface area contributed by atoms with Crippen molar-refractivity contribution >= 4 is 30.8 Å². The molecule has 2 aromatic carbocycles. The Morgan fingerprint density at radius 1 is 0.919 bits per heavy atom. The van der Waals surface area contributed by atoms with Gasteiger partial charge in [0.1, 0.15) is 11.9 Å². The van der Waals surface area contributed by atoms with Crippen LogP contribution in [0.4, 0.5) is 4.79 Å². The summed E-state index contributed by atoms with van der Waals surface area (Å²) >= 11 is 0. The highest BCUT2D eigenvalue weighted by atomic mass is 28.4. The summed E-state index contributed by atoms with van der Waals surface area (Å²) in [6.07, 6.45) is 3.32. The molecule has 0 aliphatic carbocycles. The number of nitrogens with zero attached hydrogens (tertiary/aromatic N) is 2. The molecule has 0 amide bonds. The molecule has 0 aliphatic heterocycles. The molecule has 0 unspecified atom stereocenters. The van der Waals surface area contributed by atoms with Gasteiger partial charge in [0, 0.05) is 19.0 Å². The van der Waals surface area contributed by atoms with Gasteiger partial charge in [-0.15, -0.1) is 0 Å². The van der Waals surface area contributed by atoms with Crippen LogP contribution in [0.1, 0.15) is 54.4 Å². The van der Waals surface area contributed by atoms with Gasteiger partial charge in [0.05, 0.1) is 0 Å². The maximum absolute atomic E-state index is 12.9. The smallest absolute Gasteiger partial charge is 0.420 e. The highest BCUT2D eigenvalue weighted by molar-refractivity contribution is 6.99. The van der Waals surface area contributed by atoms with Crippen LogP contribution in [0.2, 0.25) is 5.04 Å². The van der Waals surface area contributed by atoms with Crippen molar-refractivity contribution in [2.24, 2.45) is 0 Å². The maximum Gasteiger partial charge on any atom is 0.420 e. The van der Waals surface area contributed by atoms with Crippen molar-refractivity contribution in [2.75, 3.05) is 6.61 Å². The van der Waals surface area contributed by atoms with E-state index in [2.05, 4.69) is 50.0 Å². The molecule has 8 heteroatoms. The second-order valence-corrected chi connectivity index (χ2v) is 15.3. The van der Waals surface area contributed by atoms with Crippen LogP contribution in [-0.2, 0) is 18.7 Å². The summed E-state index contributed by atoms with van der Waals surface area (Å²) in [6.45, 7) is 12.4. The van der Waals surface area contributed by atoms with Gasteiger partial charge in [-0.25, -0.2) is 19.1 Å². The van der Waals surface area contributed by atoms with E-state index >= 15 is 0 Å². The van der Waals surface area contributed by atoms with Crippen molar-refractivity contribution in [2.45, 2.75) is 71.1 Å². The Kier molecular flexibility index (Phi) is 9.10. The number of hydrogen-bond acceptors (Lipinski definition) is 6. The van der Waals surface area contributed by atoms with Gasteiger partial charge in [-0.1, -0.05) is 81.4 Å². The first-order valence-corrected chi connectivity index (χ1v) is 14.5. The zero-order valence-electron chi connectivity index (χ0n) is 22.6. The lowest BCUT2D eigenvalue weighted by molar-refractivity contribution is -0.165. The standard InChI is InChI=1S/C29H38N2O5Si/c1-28(2,3)36-26(32)25(35-27(33)31-20-19-30-22-31)18-13-21-34-37(29(4,5)6,23-14-9-7-10-15-23)24-16-11-8-12-17-24/h7-12,14-17,19-20,22,25H,13,18,21H2,1-6H3/t25-/m0/s1. The molecule has 198 valence electrons. The van der Waals surface area contributed by atoms with Gasteiger partial charge in [-0.3, -0.25) is 0 Å². The third kappa shape index (κ3) is 7.17. The topological polar surface area (TPSA) is 79.7 Å². The summed E-state index contributed by atoms with van der Waals surface area (Å²) in [5.74, 6) is -0.577. The van der Waals surface area contributed by atoms with Crippen molar-refractivity contribution < 1.29 is 23.5 Å². The van der Waals surface area contributed by atoms with E-state index in [1.54, 1.807) is 20.8 Å². The zero-order valence-corrected chi connectivity index (χ0v) is 23.6. The molecular formula is C29H38N2O5Si. The third-order valence-corrected chi connectivity index (χ3v) is 11.0. The number of esters is 1. The van der Waals surface area contributed by atoms with Gasteiger partial charge < -0.3 is 13.9 Å². The number of aromatic nitrogens is 2. The number of imidazole rings is 1. The minimum atomic E-state index is -2.70. The lowest BCUT2D eigenvalue weighted by Gasteiger charge is -2.43. The third-order valence-electron chi connectivity index (χ3n) is 5.97. The van der Waals surface area contributed by atoms with Crippen LogP contribution in [0, 0.1) is 0 Å². The van der Waals surface area contributed by atoms with Gasteiger partial charge in [0.2, 0.25) is 6.10 Å². The first-order valence-electron chi connectivity index (χ1n) is 12.6. The number of carbonyl (C=O) groups excluding carboxylic acids is 2. The summed E-state index contributed by atoms with van der Waals surface area (Å²) in [4.78, 5) is 29.3. The van der Waals surface area contributed by atoms with Crippen molar-refractivity contribution in [3.8, 4) is 0 Å². The molecule has 1 atom stereocenters. The average molecular weight is 523 g/mol. The Morgan fingerprint density at radius 2 is 1.49 bits per heavy atom. The van der Waals surface area contributed by atoms with Crippen molar-refractivity contribution in [3.05, 3.63) is 79.4 Å². The van der Waals surface area contributed by atoms with Crippen LogP contribution in [0.15, 0.2) is 79.4 Å². The summed E-state index contributed by atoms with van der Waals surface area (Å²) < 4.78 is 19.2. The minimum Gasteiger partial charge on any atom is -0.457 e. The second kappa shape index (κ2) is 11.9. The Bertz CT molecular complexity index is 1100. The summed E-state index contributed by atoms with van der Waals surface area (Å²) in [6, 6.07) is 20.8.